The van der Waals surface area contributed by atoms with Gasteiger partial charge in [0.25, 0.3) is 0 Å². The molecule has 2 bridgehead atoms. The Bertz CT molecular complexity index is 217. The number of rotatable bonds is 0. The predicted molar refractivity (Wildman–Crippen MR) is 65.8 cm³/mol. The van der Waals surface area contributed by atoms with Crippen molar-refractivity contribution in [3.05, 3.63) is 0 Å². The highest BCUT2D eigenvalue weighted by molar-refractivity contribution is 5.07. The minimum Gasteiger partial charge on any atom is -0.313 e. The highest BCUT2D eigenvalue weighted by Gasteiger charge is 2.55. The van der Waals surface area contributed by atoms with Crippen molar-refractivity contribution < 1.29 is 0 Å². The molecule has 0 spiro atoms. The van der Waals surface area contributed by atoms with Crippen LogP contribution in [0.3, 0.4) is 0 Å². The SMILES string of the molecule is CC(C)(C)C1C2CNC(C2)C1C(C)(C)C. The minimum absolute atomic E-state index is 0.449. The lowest BCUT2D eigenvalue weighted by Gasteiger charge is -2.46. The maximum atomic E-state index is 3.71. The molecule has 1 saturated carbocycles. The summed E-state index contributed by atoms with van der Waals surface area (Å²) in [5.74, 6) is 2.69. The average molecular weight is 209 g/mol. The summed E-state index contributed by atoms with van der Waals surface area (Å²) in [7, 11) is 0. The van der Waals surface area contributed by atoms with Gasteiger partial charge in [0.1, 0.15) is 0 Å². The van der Waals surface area contributed by atoms with Crippen LogP contribution in [-0.2, 0) is 0 Å². The van der Waals surface area contributed by atoms with Crippen molar-refractivity contribution in [2.24, 2.45) is 28.6 Å². The fraction of sp³-hybridized carbons (Fsp3) is 1.00. The zero-order chi connectivity index (χ0) is 11.4. The lowest BCUT2D eigenvalue weighted by Crippen LogP contribution is -2.48. The molecule has 2 aliphatic rings. The molecule has 0 aromatic rings. The summed E-state index contributed by atoms with van der Waals surface area (Å²) in [6.45, 7) is 15.8. The van der Waals surface area contributed by atoms with Crippen molar-refractivity contribution in [2.45, 2.75) is 54.0 Å². The van der Waals surface area contributed by atoms with E-state index in [1.807, 2.05) is 0 Å². The molecule has 4 atom stereocenters. The molecule has 1 heterocycles. The van der Waals surface area contributed by atoms with Gasteiger partial charge in [-0.15, -0.1) is 0 Å². The Morgan fingerprint density at radius 1 is 0.867 bits per heavy atom. The molecule has 1 saturated heterocycles. The van der Waals surface area contributed by atoms with E-state index >= 15 is 0 Å². The molecule has 1 N–H and O–H groups in total. The number of piperidine rings is 1. The maximum Gasteiger partial charge on any atom is 0.0107 e. The van der Waals surface area contributed by atoms with Gasteiger partial charge in [-0.1, -0.05) is 41.5 Å². The Labute approximate surface area is 95.0 Å². The molecule has 0 amide bonds. The molecule has 15 heavy (non-hydrogen) atoms. The van der Waals surface area contributed by atoms with E-state index in [2.05, 4.69) is 46.9 Å². The van der Waals surface area contributed by atoms with Crippen molar-refractivity contribution >= 4 is 0 Å². The first-order valence-electron chi connectivity index (χ1n) is 6.44. The summed E-state index contributed by atoms with van der Waals surface area (Å²) in [4.78, 5) is 0. The Balaban J connectivity index is 2.28. The van der Waals surface area contributed by atoms with E-state index in [-0.39, 0.29) is 0 Å². The molecule has 1 nitrogen and oxygen atoms in total. The minimum atomic E-state index is 0.449. The van der Waals surface area contributed by atoms with Gasteiger partial charge in [-0.2, -0.15) is 0 Å². The summed E-state index contributed by atoms with van der Waals surface area (Å²) in [6.07, 6.45) is 1.42. The molecule has 0 aromatic carbocycles. The van der Waals surface area contributed by atoms with Gasteiger partial charge in [-0.25, -0.2) is 0 Å². The topological polar surface area (TPSA) is 12.0 Å². The summed E-state index contributed by atoms with van der Waals surface area (Å²) >= 11 is 0. The summed E-state index contributed by atoms with van der Waals surface area (Å²) in [5, 5.41) is 3.71. The van der Waals surface area contributed by atoms with Crippen LogP contribution in [0, 0.1) is 28.6 Å². The van der Waals surface area contributed by atoms with E-state index < -0.39 is 0 Å². The van der Waals surface area contributed by atoms with Crippen LogP contribution in [0.2, 0.25) is 0 Å². The Kier molecular flexibility index (Phi) is 2.46. The lowest BCUT2D eigenvalue weighted by molar-refractivity contribution is 0.0384. The van der Waals surface area contributed by atoms with E-state index in [1.165, 1.54) is 13.0 Å². The molecule has 2 rings (SSSR count). The zero-order valence-electron chi connectivity index (χ0n) is 11.2. The van der Waals surface area contributed by atoms with Gasteiger partial charge >= 0.3 is 0 Å². The van der Waals surface area contributed by atoms with Crippen LogP contribution in [-0.4, -0.2) is 12.6 Å². The van der Waals surface area contributed by atoms with Crippen molar-refractivity contribution in [2.75, 3.05) is 6.54 Å². The molecular formula is C14H27N. The second-order valence-corrected chi connectivity index (χ2v) is 7.79. The molecule has 0 aromatic heterocycles. The van der Waals surface area contributed by atoms with Crippen LogP contribution in [0.15, 0.2) is 0 Å². The van der Waals surface area contributed by atoms with Crippen LogP contribution in [0.1, 0.15) is 48.0 Å². The first-order valence-corrected chi connectivity index (χ1v) is 6.44. The fourth-order valence-electron chi connectivity index (χ4n) is 4.27. The lowest BCUT2D eigenvalue weighted by atomic mass is 9.62. The molecular weight excluding hydrogens is 182 g/mol. The fourth-order valence-corrected chi connectivity index (χ4v) is 4.27. The highest BCUT2D eigenvalue weighted by Crippen LogP contribution is 2.55. The van der Waals surface area contributed by atoms with Crippen molar-refractivity contribution in [1.82, 2.24) is 5.32 Å². The van der Waals surface area contributed by atoms with Gasteiger partial charge in [0.15, 0.2) is 0 Å². The first kappa shape index (κ1) is 11.4. The van der Waals surface area contributed by atoms with Crippen molar-refractivity contribution in [3.8, 4) is 0 Å². The second-order valence-electron chi connectivity index (χ2n) is 7.79. The standard InChI is InChI=1S/C14H27N/c1-13(2,3)11-9-7-10(15-8-9)12(11)14(4,5)6/h9-12,15H,7-8H2,1-6H3. The quantitative estimate of drug-likeness (QED) is 0.645. The second kappa shape index (κ2) is 3.23. The monoisotopic (exact) mass is 209 g/mol. The molecule has 1 aliphatic carbocycles. The van der Waals surface area contributed by atoms with Gasteiger partial charge in [0.05, 0.1) is 0 Å². The van der Waals surface area contributed by atoms with Crippen LogP contribution in [0.25, 0.3) is 0 Å². The van der Waals surface area contributed by atoms with Crippen molar-refractivity contribution in [1.29, 1.82) is 0 Å². The average Bonchev–Trinajstić information content (AvgIpc) is 2.56. The van der Waals surface area contributed by atoms with Crippen LogP contribution >= 0.6 is 0 Å². The molecule has 4 unspecified atom stereocenters. The number of nitrogens with one attached hydrogen (secondary N) is 1. The first-order chi connectivity index (χ1) is 6.71. The van der Waals surface area contributed by atoms with Crippen molar-refractivity contribution in [3.63, 3.8) is 0 Å². The highest BCUT2D eigenvalue weighted by atomic mass is 15.0. The van der Waals surface area contributed by atoms with Crippen LogP contribution in [0.4, 0.5) is 0 Å². The number of hydrogen-bond acceptors (Lipinski definition) is 1. The third-order valence-electron chi connectivity index (χ3n) is 4.53. The van der Waals surface area contributed by atoms with E-state index in [1.54, 1.807) is 0 Å². The predicted octanol–water partition coefficient (Wildman–Crippen LogP) is 3.30. The molecule has 1 heteroatoms. The van der Waals surface area contributed by atoms with Gasteiger partial charge in [0, 0.05) is 6.04 Å². The zero-order valence-corrected chi connectivity index (χ0v) is 11.2. The Morgan fingerprint density at radius 2 is 1.40 bits per heavy atom. The van der Waals surface area contributed by atoms with Gasteiger partial charge in [0.2, 0.25) is 0 Å². The maximum absolute atomic E-state index is 3.71. The molecule has 88 valence electrons. The van der Waals surface area contributed by atoms with E-state index in [4.69, 9.17) is 0 Å². The van der Waals surface area contributed by atoms with Crippen LogP contribution < -0.4 is 5.32 Å². The Morgan fingerprint density at radius 3 is 1.80 bits per heavy atom. The number of fused-ring (bicyclic) bond motifs is 2. The smallest absolute Gasteiger partial charge is 0.0107 e. The third kappa shape index (κ3) is 1.84. The van der Waals surface area contributed by atoms with Crippen LogP contribution in [0.5, 0.6) is 0 Å². The van der Waals surface area contributed by atoms with E-state index in [0.29, 0.717) is 10.8 Å². The van der Waals surface area contributed by atoms with E-state index in [0.717, 1.165) is 23.8 Å². The summed E-state index contributed by atoms with van der Waals surface area (Å²) in [6, 6.07) is 0.791. The molecule has 2 fully saturated rings. The molecule has 0 radical (unpaired) electrons. The van der Waals surface area contributed by atoms with Gasteiger partial charge in [-0.05, 0) is 41.5 Å². The third-order valence-corrected chi connectivity index (χ3v) is 4.53. The number of hydrogen-bond donors (Lipinski definition) is 1. The molecule has 1 aliphatic heterocycles. The van der Waals surface area contributed by atoms with E-state index in [9.17, 15) is 0 Å². The Hall–Kier alpha value is -0.0400. The van der Waals surface area contributed by atoms with Gasteiger partial charge < -0.3 is 5.32 Å². The summed E-state index contributed by atoms with van der Waals surface area (Å²) < 4.78 is 0. The normalized spacial score (nSPS) is 41.2. The summed E-state index contributed by atoms with van der Waals surface area (Å²) in [5.41, 5.74) is 0.921. The van der Waals surface area contributed by atoms with Gasteiger partial charge in [-0.3, -0.25) is 0 Å². The largest absolute Gasteiger partial charge is 0.313 e.